The molecule has 5 nitrogen and oxygen atoms in total. The standard InChI is InChI=1S/C12H28N.C5H8O4/c1-5-9-13(10-6-2,11-7-3)12-8-4;6-4(7)2-1-3-5(8)9/h5-12H2,1-4H3;1-3H2,(H,6,7)(H,8,9)/q+1;. The Labute approximate surface area is 135 Å². The second kappa shape index (κ2) is 14.8. The molecule has 0 bridgehead atoms. The SMILES string of the molecule is CCC[N+](CCC)(CCC)CCC.O=C(O)CCCC(=O)O. The number of rotatable bonds is 12. The molecule has 0 spiro atoms. The van der Waals surface area contributed by atoms with Gasteiger partial charge in [0, 0.05) is 12.8 Å². The zero-order valence-corrected chi connectivity index (χ0v) is 14.9. The van der Waals surface area contributed by atoms with E-state index in [-0.39, 0.29) is 19.3 Å². The van der Waals surface area contributed by atoms with Crippen molar-refractivity contribution in [3.63, 3.8) is 0 Å². The molecule has 0 aromatic rings. The summed E-state index contributed by atoms with van der Waals surface area (Å²) < 4.78 is 1.38. The van der Waals surface area contributed by atoms with E-state index < -0.39 is 11.9 Å². The Bertz CT molecular complexity index is 249. The Morgan fingerprint density at radius 2 is 0.955 bits per heavy atom. The first-order valence-electron chi connectivity index (χ1n) is 8.66. The maximum absolute atomic E-state index is 9.79. The number of hydrogen-bond donors (Lipinski definition) is 2. The first-order chi connectivity index (χ1) is 10.4. The second-order valence-electron chi connectivity index (χ2n) is 5.88. The maximum atomic E-state index is 9.79. The lowest BCUT2D eigenvalue weighted by atomic mass is 10.2. The molecule has 0 aliphatic heterocycles. The molecule has 0 fully saturated rings. The van der Waals surface area contributed by atoms with Crippen LogP contribution in [0.3, 0.4) is 0 Å². The zero-order chi connectivity index (χ0) is 17.4. The molecule has 0 unspecified atom stereocenters. The number of nitrogens with zero attached hydrogens (tertiary/aromatic N) is 1. The topological polar surface area (TPSA) is 74.6 Å². The molecule has 0 saturated heterocycles. The molecular weight excluding hydrogens is 282 g/mol. The zero-order valence-electron chi connectivity index (χ0n) is 14.9. The van der Waals surface area contributed by atoms with Crippen LogP contribution in [0.2, 0.25) is 0 Å². The molecule has 0 aliphatic carbocycles. The molecule has 0 saturated carbocycles. The van der Waals surface area contributed by atoms with Gasteiger partial charge in [-0.2, -0.15) is 0 Å². The van der Waals surface area contributed by atoms with E-state index in [0.717, 1.165) is 0 Å². The lowest BCUT2D eigenvalue weighted by molar-refractivity contribution is -0.928. The summed E-state index contributed by atoms with van der Waals surface area (Å²) in [7, 11) is 0. The molecule has 0 rings (SSSR count). The van der Waals surface area contributed by atoms with E-state index in [1.807, 2.05) is 0 Å². The fourth-order valence-corrected chi connectivity index (χ4v) is 2.96. The van der Waals surface area contributed by atoms with Gasteiger partial charge in [0.05, 0.1) is 26.2 Å². The Balaban J connectivity index is 0. The van der Waals surface area contributed by atoms with Crippen LogP contribution in [0, 0.1) is 0 Å². The fraction of sp³-hybridized carbons (Fsp3) is 0.882. The van der Waals surface area contributed by atoms with Crippen LogP contribution in [0.4, 0.5) is 0 Å². The molecule has 0 radical (unpaired) electrons. The number of quaternary nitrogens is 1. The Morgan fingerprint density at radius 1 is 0.682 bits per heavy atom. The third kappa shape index (κ3) is 13.9. The summed E-state index contributed by atoms with van der Waals surface area (Å²) in [5.41, 5.74) is 0. The van der Waals surface area contributed by atoms with E-state index in [0.29, 0.717) is 0 Å². The molecule has 0 amide bonds. The van der Waals surface area contributed by atoms with Gasteiger partial charge in [0.1, 0.15) is 0 Å². The van der Waals surface area contributed by atoms with Crippen LogP contribution in [0.1, 0.15) is 72.6 Å². The summed E-state index contributed by atoms with van der Waals surface area (Å²) >= 11 is 0. The van der Waals surface area contributed by atoms with E-state index in [9.17, 15) is 9.59 Å². The lowest BCUT2D eigenvalue weighted by Gasteiger charge is -2.38. The molecule has 0 atom stereocenters. The number of hydrogen-bond acceptors (Lipinski definition) is 2. The number of carboxylic acid groups (broad SMARTS) is 2. The third-order valence-corrected chi connectivity index (χ3v) is 3.57. The van der Waals surface area contributed by atoms with Crippen molar-refractivity contribution in [1.29, 1.82) is 0 Å². The summed E-state index contributed by atoms with van der Waals surface area (Å²) in [6.07, 6.45) is 5.42. The van der Waals surface area contributed by atoms with Crippen molar-refractivity contribution in [2.45, 2.75) is 72.6 Å². The van der Waals surface area contributed by atoms with Gasteiger partial charge < -0.3 is 14.7 Å². The Hall–Kier alpha value is -1.10. The lowest BCUT2D eigenvalue weighted by Crippen LogP contribution is -2.50. The highest BCUT2D eigenvalue weighted by molar-refractivity contribution is 5.69. The first-order valence-corrected chi connectivity index (χ1v) is 8.66. The minimum absolute atomic E-state index is 0.0632. The number of aliphatic carboxylic acids is 2. The van der Waals surface area contributed by atoms with Crippen molar-refractivity contribution in [2.75, 3.05) is 26.2 Å². The summed E-state index contributed by atoms with van der Waals surface area (Å²) in [4.78, 5) is 19.6. The van der Waals surface area contributed by atoms with Gasteiger partial charge in [-0.3, -0.25) is 9.59 Å². The minimum Gasteiger partial charge on any atom is -0.481 e. The molecule has 0 aliphatic rings. The van der Waals surface area contributed by atoms with Crippen molar-refractivity contribution >= 4 is 11.9 Å². The molecule has 132 valence electrons. The highest BCUT2D eigenvalue weighted by atomic mass is 16.4. The van der Waals surface area contributed by atoms with E-state index in [4.69, 9.17) is 10.2 Å². The largest absolute Gasteiger partial charge is 0.481 e. The average molecular weight is 318 g/mol. The second-order valence-corrected chi connectivity index (χ2v) is 5.88. The smallest absolute Gasteiger partial charge is 0.303 e. The third-order valence-electron chi connectivity index (χ3n) is 3.57. The van der Waals surface area contributed by atoms with Gasteiger partial charge in [0.15, 0.2) is 0 Å². The molecule has 0 aromatic heterocycles. The predicted octanol–water partition coefficient (Wildman–Crippen LogP) is 3.77. The van der Waals surface area contributed by atoms with Crippen LogP contribution in [-0.2, 0) is 9.59 Å². The molecule has 22 heavy (non-hydrogen) atoms. The molecule has 0 aromatic carbocycles. The van der Waals surface area contributed by atoms with Gasteiger partial charge in [-0.15, -0.1) is 0 Å². The van der Waals surface area contributed by atoms with Gasteiger partial charge in [0.2, 0.25) is 0 Å². The monoisotopic (exact) mass is 318 g/mol. The van der Waals surface area contributed by atoms with Gasteiger partial charge in [-0.1, -0.05) is 27.7 Å². The van der Waals surface area contributed by atoms with Crippen LogP contribution in [0.5, 0.6) is 0 Å². The van der Waals surface area contributed by atoms with Crippen molar-refractivity contribution in [2.24, 2.45) is 0 Å². The van der Waals surface area contributed by atoms with E-state index in [1.165, 1.54) is 56.3 Å². The quantitative estimate of drug-likeness (QED) is 0.537. The summed E-state index contributed by atoms with van der Waals surface area (Å²) in [5, 5.41) is 16.1. The molecular formula is C17H36NO4+. The highest BCUT2D eigenvalue weighted by Crippen LogP contribution is 2.12. The number of carbonyl (C=O) groups is 2. The van der Waals surface area contributed by atoms with Crippen LogP contribution >= 0.6 is 0 Å². The predicted molar refractivity (Wildman–Crippen MR) is 90.0 cm³/mol. The van der Waals surface area contributed by atoms with Crippen molar-refractivity contribution in [3.05, 3.63) is 0 Å². The van der Waals surface area contributed by atoms with Crippen molar-refractivity contribution < 1.29 is 24.3 Å². The fourth-order valence-electron chi connectivity index (χ4n) is 2.96. The normalized spacial score (nSPS) is 10.7. The van der Waals surface area contributed by atoms with Crippen LogP contribution in [0.25, 0.3) is 0 Å². The minimum atomic E-state index is -0.948. The summed E-state index contributed by atoms with van der Waals surface area (Å²) in [5.74, 6) is -1.90. The van der Waals surface area contributed by atoms with Crippen molar-refractivity contribution in [1.82, 2.24) is 0 Å². The molecule has 5 heteroatoms. The van der Waals surface area contributed by atoms with Gasteiger partial charge in [-0.05, 0) is 32.1 Å². The van der Waals surface area contributed by atoms with Gasteiger partial charge in [-0.25, -0.2) is 0 Å². The Kier molecular flexibility index (Phi) is 15.6. The van der Waals surface area contributed by atoms with Crippen LogP contribution in [0.15, 0.2) is 0 Å². The van der Waals surface area contributed by atoms with Gasteiger partial charge in [0.25, 0.3) is 0 Å². The Morgan fingerprint density at radius 3 is 1.14 bits per heavy atom. The van der Waals surface area contributed by atoms with Crippen LogP contribution in [-0.4, -0.2) is 52.8 Å². The molecule has 2 N–H and O–H groups in total. The van der Waals surface area contributed by atoms with Crippen molar-refractivity contribution in [3.8, 4) is 0 Å². The molecule has 0 heterocycles. The van der Waals surface area contributed by atoms with E-state index in [1.54, 1.807) is 0 Å². The van der Waals surface area contributed by atoms with E-state index in [2.05, 4.69) is 27.7 Å². The maximum Gasteiger partial charge on any atom is 0.303 e. The van der Waals surface area contributed by atoms with Gasteiger partial charge >= 0.3 is 11.9 Å². The first kappa shape index (κ1) is 23.2. The van der Waals surface area contributed by atoms with Crippen LogP contribution < -0.4 is 0 Å². The number of carboxylic acids is 2. The average Bonchev–Trinajstić information content (AvgIpc) is 2.39. The summed E-state index contributed by atoms with van der Waals surface area (Å²) in [6.45, 7) is 14.8. The summed E-state index contributed by atoms with van der Waals surface area (Å²) in [6, 6.07) is 0. The van der Waals surface area contributed by atoms with E-state index >= 15 is 0 Å². The highest BCUT2D eigenvalue weighted by Gasteiger charge is 2.22.